The molecule has 0 aromatic carbocycles. The second kappa shape index (κ2) is 4.80. The summed E-state index contributed by atoms with van der Waals surface area (Å²) in [5.41, 5.74) is 4.16. The van der Waals surface area contributed by atoms with Gasteiger partial charge in [0.05, 0.1) is 0 Å². The molecule has 2 nitrogen and oxygen atoms in total. The molecule has 1 aliphatic carbocycles. The zero-order valence-corrected chi connectivity index (χ0v) is 9.57. The van der Waals surface area contributed by atoms with Gasteiger partial charge < -0.3 is 0 Å². The van der Waals surface area contributed by atoms with Crippen molar-refractivity contribution in [2.45, 2.75) is 38.1 Å². The lowest BCUT2D eigenvalue weighted by Gasteiger charge is -2.05. The van der Waals surface area contributed by atoms with Crippen molar-refractivity contribution in [3.05, 3.63) is 21.4 Å². The summed E-state index contributed by atoms with van der Waals surface area (Å²) in [6.07, 6.45) is 11.8. The minimum absolute atomic E-state index is 0.123. The van der Waals surface area contributed by atoms with E-state index in [1.807, 2.05) is 11.3 Å². The third-order valence-corrected chi connectivity index (χ3v) is 4.19. The Hall–Kier alpha value is -0.820. The van der Waals surface area contributed by atoms with Gasteiger partial charge in [0.1, 0.15) is 6.04 Å². The van der Waals surface area contributed by atoms with E-state index in [1.165, 1.54) is 47.4 Å². The molecule has 3 heteroatoms. The summed E-state index contributed by atoms with van der Waals surface area (Å²) >= 11 is 1.82. The summed E-state index contributed by atoms with van der Waals surface area (Å²) in [5.74, 6) is 8.09. The van der Waals surface area contributed by atoms with Crippen LogP contribution >= 0.6 is 11.3 Å². The van der Waals surface area contributed by atoms with Gasteiger partial charge >= 0.3 is 0 Å². The molecule has 1 aromatic rings. The Morgan fingerprint density at radius 1 is 1.40 bits per heavy atom. The van der Waals surface area contributed by atoms with Gasteiger partial charge in [-0.05, 0) is 37.3 Å². The minimum Gasteiger partial charge on any atom is -0.270 e. The fraction of sp³-hybridized carbons (Fsp3) is 0.500. The average Bonchev–Trinajstić information content (AvgIpc) is 2.52. The van der Waals surface area contributed by atoms with Crippen molar-refractivity contribution in [1.82, 2.24) is 5.43 Å². The molecule has 1 aromatic heterocycles. The first-order valence-corrected chi connectivity index (χ1v) is 6.20. The van der Waals surface area contributed by atoms with Gasteiger partial charge in [0, 0.05) is 9.75 Å². The summed E-state index contributed by atoms with van der Waals surface area (Å²) in [4.78, 5) is 2.70. The molecule has 0 saturated carbocycles. The van der Waals surface area contributed by atoms with Crippen LogP contribution in [0, 0.1) is 12.3 Å². The van der Waals surface area contributed by atoms with E-state index in [0.29, 0.717) is 0 Å². The number of fused-ring (bicyclic) bond motifs is 1. The summed E-state index contributed by atoms with van der Waals surface area (Å²) in [7, 11) is 0. The van der Waals surface area contributed by atoms with Gasteiger partial charge in [-0.2, -0.15) is 0 Å². The molecule has 1 heterocycles. The van der Waals surface area contributed by atoms with E-state index >= 15 is 0 Å². The van der Waals surface area contributed by atoms with Crippen LogP contribution in [0.3, 0.4) is 0 Å². The van der Waals surface area contributed by atoms with Crippen LogP contribution in [0.15, 0.2) is 6.07 Å². The maximum Gasteiger partial charge on any atom is 0.116 e. The number of rotatable bonds is 2. The van der Waals surface area contributed by atoms with Gasteiger partial charge in [0.2, 0.25) is 0 Å². The Morgan fingerprint density at radius 2 is 2.20 bits per heavy atom. The first-order chi connectivity index (χ1) is 7.35. The highest BCUT2D eigenvalue weighted by Crippen LogP contribution is 2.31. The zero-order valence-electron chi connectivity index (χ0n) is 8.75. The van der Waals surface area contributed by atoms with Gasteiger partial charge in [-0.25, -0.2) is 5.43 Å². The molecule has 0 bridgehead atoms. The Balaban J connectivity index is 2.26. The lowest BCUT2D eigenvalue weighted by molar-refractivity contribution is 0.681. The van der Waals surface area contributed by atoms with Crippen molar-refractivity contribution >= 4 is 11.3 Å². The molecule has 1 aliphatic rings. The number of nitrogens with one attached hydrogen (secondary N) is 1. The van der Waals surface area contributed by atoms with E-state index in [9.17, 15) is 0 Å². The van der Waals surface area contributed by atoms with E-state index in [2.05, 4.69) is 17.4 Å². The van der Waals surface area contributed by atoms with Gasteiger partial charge in [0.15, 0.2) is 0 Å². The van der Waals surface area contributed by atoms with E-state index in [1.54, 1.807) is 0 Å². The van der Waals surface area contributed by atoms with Gasteiger partial charge in [-0.15, -0.1) is 17.8 Å². The molecule has 1 unspecified atom stereocenters. The summed E-state index contributed by atoms with van der Waals surface area (Å²) in [6, 6.07) is 2.11. The number of aryl methyl sites for hydroxylation is 2. The zero-order chi connectivity index (χ0) is 10.7. The van der Waals surface area contributed by atoms with Crippen LogP contribution in [-0.2, 0) is 12.8 Å². The highest BCUT2D eigenvalue weighted by Gasteiger charge is 2.15. The SMILES string of the molecule is C#CC(NN)c1cc2c(s1)CCCCC2. The van der Waals surface area contributed by atoms with Crippen LogP contribution < -0.4 is 11.3 Å². The predicted molar refractivity (Wildman–Crippen MR) is 64.5 cm³/mol. The standard InChI is InChI=1S/C12H16N2S/c1-2-10(14-13)12-8-9-6-4-3-5-7-11(9)15-12/h1,8,10,14H,3-7,13H2. The smallest absolute Gasteiger partial charge is 0.116 e. The van der Waals surface area contributed by atoms with E-state index < -0.39 is 0 Å². The lowest BCUT2D eigenvalue weighted by atomic mass is 10.1. The molecule has 15 heavy (non-hydrogen) atoms. The summed E-state index contributed by atoms with van der Waals surface area (Å²) in [5, 5.41) is 0. The van der Waals surface area contributed by atoms with Crippen LogP contribution in [-0.4, -0.2) is 0 Å². The second-order valence-electron chi connectivity index (χ2n) is 3.92. The Bertz CT molecular complexity index is 352. The topological polar surface area (TPSA) is 38.0 Å². The molecule has 2 rings (SSSR count). The summed E-state index contributed by atoms with van der Waals surface area (Å²) < 4.78 is 0. The molecule has 0 fully saturated rings. The van der Waals surface area contributed by atoms with Crippen LogP contribution in [0.5, 0.6) is 0 Å². The van der Waals surface area contributed by atoms with Crippen molar-refractivity contribution in [1.29, 1.82) is 0 Å². The molecule has 0 amide bonds. The summed E-state index contributed by atoms with van der Waals surface area (Å²) in [6.45, 7) is 0. The average molecular weight is 220 g/mol. The van der Waals surface area contributed by atoms with Gasteiger partial charge in [-0.3, -0.25) is 5.84 Å². The fourth-order valence-corrected chi connectivity index (χ4v) is 3.32. The second-order valence-corrected chi connectivity index (χ2v) is 5.09. The first kappa shape index (κ1) is 10.7. The molecule has 1 atom stereocenters. The Labute approximate surface area is 94.8 Å². The molecule has 0 aliphatic heterocycles. The van der Waals surface area contributed by atoms with Crippen LogP contribution in [0.2, 0.25) is 0 Å². The quantitative estimate of drug-likeness (QED) is 0.347. The maximum atomic E-state index is 5.42. The van der Waals surface area contributed by atoms with Crippen molar-refractivity contribution < 1.29 is 0 Å². The normalized spacial score (nSPS) is 17.6. The molecular formula is C12H16N2S. The van der Waals surface area contributed by atoms with Gasteiger partial charge in [0.25, 0.3) is 0 Å². The Kier molecular flexibility index (Phi) is 3.42. The van der Waals surface area contributed by atoms with Crippen LogP contribution in [0.4, 0.5) is 0 Å². The van der Waals surface area contributed by atoms with Crippen molar-refractivity contribution in [3.8, 4) is 12.3 Å². The van der Waals surface area contributed by atoms with E-state index in [-0.39, 0.29) is 6.04 Å². The number of hydrazine groups is 1. The van der Waals surface area contributed by atoms with Crippen LogP contribution in [0.1, 0.15) is 40.6 Å². The molecule has 0 spiro atoms. The van der Waals surface area contributed by atoms with Crippen molar-refractivity contribution in [2.75, 3.05) is 0 Å². The van der Waals surface area contributed by atoms with Crippen LogP contribution in [0.25, 0.3) is 0 Å². The molecule has 0 saturated heterocycles. The highest BCUT2D eigenvalue weighted by atomic mass is 32.1. The number of thiophene rings is 1. The van der Waals surface area contributed by atoms with Crippen molar-refractivity contribution in [2.24, 2.45) is 5.84 Å². The monoisotopic (exact) mass is 220 g/mol. The number of nitrogens with two attached hydrogens (primary N) is 1. The first-order valence-electron chi connectivity index (χ1n) is 5.39. The molecule has 80 valence electrons. The van der Waals surface area contributed by atoms with Crippen molar-refractivity contribution in [3.63, 3.8) is 0 Å². The fourth-order valence-electron chi connectivity index (χ4n) is 2.05. The maximum absolute atomic E-state index is 5.42. The molecular weight excluding hydrogens is 204 g/mol. The largest absolute Gasteiger partial charge is 0.270 e. The number of hydrogen-bond acceptors (Lipinski definition) is 3. The molecule has 0 radical (unpaired) electrons. The highest BCUT2D eigenvalue weighted by molar-refractivity contribution is 7.12. The van der Waals surface area contributed by atoms with Gasteiger partial charge in [-0.1, -0.05) is 12.3 Å². The lowest BCUT2D eigenvalue weighted by Crippen LogP contribution is -2.26. The molecule has 3 N–H and O–H groups in total. The predicted octanol–water partition coefficient (Wildman–Crippen LogP) is 2.15. The van der Waals surface area contributed by atoms with E-state index in [0.717, 1.165) is 0 Å². The number of hydrogen-bond donors (Lipinski definition) is 2. The third-order valence-electron chi connectivity index (χ3n) is 2.88. The van der Waals surface area contributed by atoms with E-state index in [4.69, 9.17) is 12.3 Å². The third kappa shape index (κ3) is 2.23. The Morgan fingerprint density at radius 3 is 2.93 bits per heavy atom. The number of terminal acetylenes is 1. The minimum atomic E-state index is -0.123.